The monoisotopic (exact) mass is 308 g/mol. The number of carboxylic acid groups (broad SMARTS) is 1. The molecule has 1 aliphatic carbocycles. The molecule has 0 amide bonds. The van der Waals surface area contributed by atoms with Crippen molar-refractivity contribution in [1.82, 2.24) is 4.98 Å². The van der Waals surface area contributed by atoms with Crippen molar-refractivity contribution in [3.63, 3.8) is 0 Å². The Balaban J connectivity index is 1.93. The van der Waals surface area contributed by atoms with Crippen LogP contribution in [0.1, 0.15) is 35.7 Å². The smallest absolute Gasteiger partial charge is 0.337 e. The first kappa shape index (κ1) is 15.0. The van der Waals surface area contributed by atoms with Gasteiger partial charge in [0.15, 0.2) is 0 Å². The van der Waals surface area contributed by atoms with Crippen LogP contribution in [0.2, 0.25) is 0 Å². The van der Waals surface area contributed by atoms with Gasteiger partial charge in [0, 0.05) is 17.2 Å². The van der Waals surface area contributed by atoms with Crippen LogP contribution in [0.3, 0.4) is 0 Å². The van der Waals surface area contributed by atoms with Crippen molar-refractivity contribution >= 4 is 5.97 Å². The van der Waals surface area contributed by atoms with Crippen molar-refractivity contribution in [3.05, 3.63) is 47.7 Å². The van der Waals surface area contributed by atoms with E-state index in [0.717, 1.165) is 12.8 Å². The molecule has 1 aromatic heterocycles. The Bertz CT molecular complexity index is 804. The second kappa shape index (κ2) is 5.73. The largest absolute Gasteiger partial charge is 0.492 e. The molecule has 1 saturated carbocycles. The molecule has 0 aliphatic heterocycles. The molecule has 116 valence electrons. The number of hydrogen-bond donors (Lipinski definition) is 1. The Morgan fingerprint density at radius 3 is 2.87 bits per heavy atom. The summed E-state index contributed by atoms with van der Waals surface area (Å²) in [4.78, 5) is 15.4. The molecule has 3 rings (SSSR count). The van der Waals surface area contributed by atoms with Gasteiger partial charge in [0.2, 0.25) is 0 Å². The van der Waals surface area contributed by atoms with Gasteiger partial charge in [-0.05, 0) is 43.2 Å². The maximum atomic E-state index is 11.3. The first-order chi connectivity index (χ1) is 11.0. The molecule has 23 heavy (non-hydrogen) atoms. The molecule has 1 aromatic carbocycles. The van der Waals surface area contributed by atoms with Gasteiger partial charge >= 0.3 is 5.97 Å². The number of benzene rings is 1. The van der Waals surface area contributed by atoms with Crippen LogP contribution >= 0.6 is 0 Å². The summed E-state index contributed by atoms with van der Waals surface area (Å²) in [6, 6.07) is 10.3. The van der Waals surface area contributed by atoms with Crippen molar-refractivity contribution in [3.8, 4) is 23.1 Å². The molecule has 0 bridgehead atoms. The third-order valence-electron chi connectivity index (χ3n) is 4.09. The van der Waals surface area contributed by atoms with E-state index < -0.39 is 5.97 Å². The number of rotatable bonds is 5. The normalized spacial score (nSPS) is 14.8. The quantitative estimate of drug-likeness (QED) is 0.914. The molecular weight excluding hydrogens is 292 g/mol. The number of aromatic nitrogens is 1. The maximum absolute atomic E-state index is 11.3. The molecular formula is C18H16N2O3. The first-order valence-corrected chi connectivity index (χ1v) is 7.38. The van der Waals surface area contributed by atoms with Gasteiger partial charge < -0.3 is 9.84 Å². The van der Waals surface area contributed by atoms with Gasteiger partial charge in [0.05, 0.1) is 23.4 Å². The zero-order valence-electron chi connectivity index (χ0n) is 12.7. The van der Waals surface area contributed by atoms with E-state index in [9.17, 15) is 15.2 Å². The van der Waals surface area contributed by atoms with E-state index in [0.29, 0.717) is 29.2 Å². The summed E-state index contributed by atoms with van der Waals surface area (Å²) in [6.45, 7) is 2.74. The molecule has 0 saturated heterocycles. The molecule has 0 atom stereocenters. The van der Waals surface area contributed by atoms with E-state index in [1.54, 1.807) is 24.3 Å². The van der Waals surface area contributed by atoms with E-state index in [2.05, 4.69) is 18.0 Å². The van der Waals surface area contributed by atoms with Crippen LogP contribution in [0, 0.1) is 16.7 Å². The highest BCUT2D eigenvalue weighted by atomic mass is 16.5. The average Bonchev–Trinajstić information content (AvgIpc) is 3.30. The van der Waals surface area contributed by atoms with Gasteiger partial charge in [-0.15, -0.1) is 0 Å². The van der Waals surface area contributed by atoms with E-state index in [-0.39, 0.29) is 11.0 Å². The molecule has 0 unspecified atom stereocenters. The standard InChI is InChI=1S/C18H16N2O3/c1-18(6-7-18)11-23-15-5-4-12(9-13(15)10-19)16-14(17(21)22)3-2-8-20-16/h2-5,8-9H,6-7,11H2,1H3,(H,21,22). The van der Waals surface area contributed by atoms with E-state index in [4.69, 9.17) is 4.74 Å². The summed E-state index contributed by atoms with van der Waals surface area (Å²) in [5, 5.41) is 18.6. The minimum Gasteiger partial charge on any atom is -0.492 e. The van der Waals surface area contributed by atoms with Crippen LogP contribution < -0.4 is 4.74 Å². The van der Waals surface area contributed by atoms with Gasteiger partial charge in [0.1, 0.15) is 11.8 Å². The number of ether oxygens (including phenoxy) is 1. The number of hydrogen-bond acceptors (Lipinski definition) is 4. The molecule has 1 heterocycles. The fraction of sp³-hybridized carbons (Fsp3) is 0.278. The Hall–Kier alpha value is -2.87. The summed E-state index contributed by atoms with van der Waals surface area (Å²) in [6.07, 6.45) is 3.82. The third-order valence-corrected chi connectivity index (χ3v) is 4.09. The van der Waals surface area contributed by atoms with Crippen LogP contribution in [0.15, 0.2) is 36.5 Å². The van der Waals surface area contributed by atoms with Crippen LogP contribution in [0.4, 0.5) is 0 Å². The highest BCUT2D eigenvalue weighted by molar-refractivity contribution is 5.94. The molecule has 0 spiro atoms. The van der Waals surface area contributed by atoms with E-state index >= 15 is 0 Å². The second-order valence-corrected chi connectivity index (χ2v) is 6.13. The predicted molar refractivity (Wildman–Crippen MR) is 84.2 cm³/mol. The maximum Gasteiger partial charge on any atom is 0.337 e. The first-order valence-electron chi connectivity index (χ1n) is 7.38. The van der Waals surface area contributed by atoms with Crippen LogP contribution in [0.5, 0.6) is 5.75 Å². The van der Waals surface area contributed by atoms with Crippen molar-refractivity contribution in [2.45, 2.75) is 19.8 Å². The summed E-state index contributed by atoms with van der Waals surface area (Å²) in [5.74, 6) is -0.522. The summed E-state index contributed by atoms with van der Waals surface area (Å²) in [7, 11) is 0. The molecule has 5 nitrogen and oxygen atoms in total. The number of pyridine rings is 1. The van der Waals surface area contributed by atoms with E-state index in [1.165, 1.54) is 12.3 Å². The molecule has 1 fully saturated rings. The van der Waals surface area contributed by atoms with Crippen LogP contribution in [0.25, 0.3) is 11.3 Å². The lowest BCUT2D eigenvalue weighted by Gasteiger charge is -2.13. The molecule has 1 aliphatic rings. The third kappa shape index (κ3) is 3.16. The van der Waals surface area contributed by atoms with Crippen molar-refractivity contribution in [2.75, 3.05) is 6.61 Å². The Morgan fingerprint density at radius 2 is 2.22 bits per heavy atom. The Labute approximate surface area is 134 Å². The molecule has 5 heteroatoms. The lowest BCUT2D eigenvalue weighted by atomic mass is 10.0. The molecule has 2 aromatic rings. The van der Waals surface area contributed by atoms with Crippen LogP contribution in [-0.2, 0) is 0 Å². The fourth-order valence-corrected chi connectivity index (χ4v) is 2.31. The fourth-order valence-electron chi connectivity index (χ4n) is 2.31. The van der Waals surface area contributed by atoms with E-state index in [1.807, 2.05) is 0 Å². The Kier molecular flexibility index (Phi) is 3.75. The number of aromatic carboxylic acids is 1. The zero-order chi connectivity index (χ0) is 16.4. The highest BCUT2D eigenvalue weighted by Crippen LogP contribution is 2.45. The average molecular weight is 308 g/mol. The molecule has 1 N–H and O–H groups in total. The number of nitrogens with zero attached hydrogens (tertiary/aromatic N) is 2. The highest BCUT2D eigenvalue weighted by Gasteiger charge is 2.38. The number of nitriles is 1. The minimum absolute atomic E-state index is 0.107. The SMILES string of the molecule is CC1(COc2ccc(-c3ncccc3C(=O)O)cc2C#N)CC1. The summed E-state index contributed by atoms with van der Waals surface area (Å²) >= 11 is 0. The van der Waals surface area contributed by atoms with Gasteiger partial charge in [-0.2, -0.15) is 5.26 Å². The Morgan fingerprint density at radius 1 is 1.43 bits per heavy atom. The topological polar surface area (TPSA) is 83.2 Å². The van der Waals surface area contributed by atoms with Crippen LogP contribution in [-0.4, -0.2) is 22.7 Å². The van der Waals surface area contributed by atoms with Gasteiger partial charge in [-0.3, -0.25) is 4.98 Å². The molecule has 0 radical (unpaired) electrons. The number of carboxylic acids is 1. The second-order valence-electron chi connectivity index (χ2n) is 6.13. The van der Waals surface area contributed by atoms with Crippen molar-refractivity contribution in [2.24, 2.45) is 5.41 Å². The summed E-state index contributed by atoms with van der Waals surface area (Å²) < 4.78 is 5.76. The van der Waals surface area contributed by atoms with Gasteiger partial charge in [-0.25, -0.2) is 4.79 Å². The predicted octanol–water partition coefficient (Wildman–Crippen LogP) is 3.50. The van der Waals surface area contributed by atoms with Crippen molar-refractivity contribution in [1.29, 1.82) is 5.26 Å². The van der Waals surface area contributed by atoms with Gasteiger partial charge in [-0.1, -0.05) is 6.92 Å². The zero-order valence-corrected chi connectivity index (χ0v) is 12.7. The van der Waals surface area contributed by atoms with Gasteiger partial charge in [0.25, 0.3) is 0 Å². The summed E-state index contributed by atoms with van der Waals surface area (Å²) in [5.41, 5.74) is 1.65. The van der Waals surface area contributed by atoms with Crippen molar-refractivity contribution < 1.29 is 14.6 Å². The number of carbonyl (C=O) groups is 1. The lowest BCUT2D eigenvalue weighted by molar-refractivity contribution is 0.0697. The lowest BCUT2D eigenvalue weighted by Crippen LogP contribution is -2.09. The minimum atomic E-state index is -1.05.